The minimum absolute atomic E-state index is 0.447. The summed E-state index contributed by atoms with van der Waals surface area (Å²) in [5, 5.41) is 2.16. The number of nitrogens with zero attached hydrogens (tertiary/aromatic N) is 2. The van der Waals surface area contributed by atoms with Crippen molar-refractivity contribution in [3.05, 3.63) is 241 Å². The second kappa shape index (κ2) is 13.4. The first kappa shape index (κ1) is 33.8. The number of hydrogen-bond donors (Lipinski definition) is 0. The molecule has 0 unspecified atom stereocenters. The fourth-order valence-electron chi connectivity index (χ4n) is 9.68. The third kappa shape index (κ3) is 5.10. The van der Waals surface area contributed by atoms with Gasteiger partial charge in [-0.1, -0.05) is 157 Å². The number of fused-ring (bicyclic) bond motifs is 12. The molecular formula is C55H36N2OS. The third-order valence-electron chi connectivity index (χ3n) is 12.1. The monoisotopic (exact) mass is 772 g/mol. The first-order chi connectivity index (χ1) is 29.3. The lowest BCUT2D eigenvalue weighted by Crippen LogP contribution is -2.32. The van der Waals surface area contributed by atoms with E-state index < -0.39 is 5.41 Å². The van der Waals surface area contributed by atoms with Crippen molar-refractivity contribution < 1.29 is 4.42 Å². The summed E-state index contributed by atoms with van der Waals surface area (Å²) in [6.45, 7) is 0. The smallest absolute Gasteiger partial charge is 0.137 e. The topological polar surface area (TPSA) is 19.6 Å². The maximum Gasteiger partial charge on any atom is 0.137 e. The molecule has 1 aliphatic heterocycles. The Balaban J connectivity index is 1.15. The first-order valence-electron chi connectivity index (χ1n) is 20.1. The van der Waals surface area contributed by atoms with Gasteiger partial charge in [-0.2, -0.15) is 0 Å². The van der Waals surface area contributed by atoms with Crippen molar-refractivity contribution in [2.45, 2.75) is 15.2 Å². The van der Waals surface area contributed by atoms with Gasteiger partial charge >= 0.3 is 0 Å². The fourth-order valence-corrected chi connectivity index (χ4v) is 10.9. The van der Waals surface area contributed by atoms with E-state index in [0.29, 0.717) is 0 Å². The maximum atomic E-state index is 6.63. The van der Waals surface area contributed by atoms with E-state index >= 15 is 0 Å². The Morgan fingerprint density at radius 2 is 0.831 bits per heavy atom. The third-order valence-corrected chi connectivity index (χ3v) is 13.2. The summed E-state index contributed by atoms with van der Waals surface area (Å²) in [6.07, 6.45) is 0. The van der Waals surface area contributed by atoms with Crippen LogP contribution in [0.1, 0.15) is 22.3 Å². The summed E-state index contributed by atoms with van der Waals surface area (Å²) in [6, 6.07) is 79.1. The van der Waals surface area contributed by atoms with Gasteiger partial charge in [-0.15, -0.1) is 0 Å². The van der Waals surface area contributed by atoms with E-state index in [-0.39, 0.29) is 0 Å². The molecule has 0 bridgehead atoms. The quantitative estimate of drug-likeness (QED) is 0.168. The van der Waals surface area contributed by atoms with Crippen LogP contribution in [0.3, 0.4) is 0 Å². The Kier molecular flexibility index (Phi) is 7.69. The van der Waals surface area contributed by atoms with Crippen LogP contribution in [-0.2, 0) is 5.41 Å². The van der Waals surface area contributed by atoms with Crippen molar-refractivity contribution in [3.63, 3.8) is 0 Å². The van der Waals surface area contributed by atoms with Crippen LogP contribution in [0.2, 0.25) is 0 Å². The van der Waals surface area contributed by atoms with E-state index in [1.165, 1.54) is 43.2 Å². The van der Waals surface area contributed by atoms with Gasteiger partial charge in [-0.3, -0.25) is 0 Å². The molecule has 0 radical (unpaired) electrons. The molecule has 2 aliphatic rings. The maximum absolute atomic E-state index is 6.63. The molecule has 12 rings (SSSR count). The number of para-hydroxylation sites is 4. The molecule has 2 heterocycles. The lowest BCUT2D eigenvalue weighted by molar-refractivity contribution is 0.669. The Hall–Kier alpha value is -7.27. The molecule has 0 N–H and O–H groups in total. The van der Waals surface area contributed by atoms with Gasteiger partial charge in [0.2, 0.25) is 0 Å². The van der Waals surface area contributed by atoms with Crippen LogP contribution in [0.5, 0.6) is 0 Å². The van der Waals surface area contributed by atoms with Crippen molar-refractivity contribution in [1.29, 1.82) is 0 Å². The van der Waals surface area contributed by atoms with E-state index in [9.17, 15) is 0 Å². The number of benzene rings is 9. The number of rotatable bonds is 6. The standard InChI is InChI=1S/C55H36N2OS/c1-4-18-37(19-5-1)56(38-20-6-2-7-21-38)50-36-52-44(43-26-12-16-30-51(43)58-52)35-49(50)57(39-22-8-3-9-23-39)40-32-33-48-54(34-40)59-53-31-17-15-29-47(53)55(48)45-27-13-10-24-41(45)42-25-11-14-28-46(42)55/h1-36H. The Labute approximate surface area is 347 Å². The lowest BCUT2D eigenvalue weighted by Gasteiger charge is -2.40. The molecule has 0 saturated heterocycles. The van der Waals surface area contributed by atoms with Crippen LogP contribution in [0, 0.1) is 0 Å². The van der Waals surface area contributed by atoms with Crippen LogP contribution in [0.25, 0.3) is 33.1 Å². The fraction of sp³-hybridized carbons (Fsp3) is 0.0182. The molecule has 1 aliphatic carbocycles. The summed E-state index contributed by atoms with van der Waals surface area (Å²) >= 11 is 1.87. The molecule has 10 aromatic rings. The van der Waals surface area contributed by atoms with Gasteiger partial charge in [-0.05, 0) is 100 Å². The first-order valence-corrected chi connectivity index (χ1v) is 20.9. The van der Waals surface area contributed by atoms with Crippen molar-refractivity contribution in [1.82, 2.24) is 0 Å². The zero-order valence-electron chi connectivity index (χ0n) is 32.0. The molecule has 278 valence electrons. The van der Waals surface area contributed by atoms with Gasteiger partial charge in [0, 0.05) is 49.4 Å². The normalized spacial score (nSPS) is 13.2. The summed E-state index contributed by atoms with van der Waals surface area (Å²) in [5.41, 5.74) is 15.5. The Bertz CT molecular complexity index is 3130. The van der Waals surface area contributed by atoms with Crippen LogP contribution >= 0.6 is 11.8 Å². The van der Waals surface area contributed by atoms with E-state index in [1.54, 1.807) is 0 Å². The minimum Gasteiger partial charge on any atom is -0.456 e. The van der Waals surface area contributed by atoms with Gasteiger partial charge in [-0.25, -0.2) is 0 Å². The highest BCUT2D eigenvalue weighted by molar-refractivity contribution is 7.99. The lowest BCUT2D eigenvalue weighted by atomic mass is 9.67. The zero-order valence-corrected chi connectivity index (χ0v) is 32.8. The average molecular weight is 773 g/mol. The average Bonchev–Trinajstić information content (AvgIpc) is 3.81. The second-order valence-electron chi connectivity index (χ2n) is 15.2. The second-order valence-corrected chi connectivity index (χ2v) is 16.3. The van der Waals surface area contributed by atoms with Crippen LogP contribution in [-0.4, -0.2) is 0 Å². The summed E-state index contributed by atoms with van der Waals surface area (Å²) in [5.74, 6) is 0. The van der Waals surface area contributed by atoms with Gasteiger partial charge < -0.3 is 14.2 Å². The highest BCUT2D eigenvalue weighted by atomic mass is 32.2. The Morgan fingerprint density at radius 1 is 0.339 bits per heavy atom. The van der Waals surface area contributed by atoms with E-state index in [0.717, 1.165) is 56.1 Å². The predicted octanol–water partition coefficient (Wildman–Crippen LogP) is 15.4. The highest BCUT2D eigenvalue weighted by Gasteiger charge is 2.50. The Morgan fingerprint density at radius 3 is 1.47 bits per heavy atom. The zero-order chi connectivity index (χ0) is 38.9. The molecule has 0 atom stereocenters. The van der Waals surface area contributed by atoms with Crippen molar-refractivity contribution in [2.24, 2.45) is 0 Å². The van der Waals surface area contributed by atoms with Crippen LogP contribution in [0.15, 0.2) is 233 Å². The molecule has 1 spiro atoms. The number of furan rings is 1. The van der Waals surface area contributed by atoms with Crippen molar-refractivity contribution >= 4 is 67.8 Å². The van der Waals surface area contributed by atoms with Gasteiger partial charge in [0.05, 0.1) is 16.8 Å². The van der Waals surface area contributed by atoms with E-state index in [2.05, 4.69) is 222 Å². The predicted molar refractivity (Wildman–Crippen MR) is 245 cm³/mol. The summed E-state index contributed by atoms with van der Waals surface area (Å²) in [4.78, 5) is 7.30. The molecule has 3 nitrogen and oxygen atoms in total. The molecule has 1 aromatic heterocycles. The van der Waals surface area contributed by atoms with E-state index in [4.69, 9.17) is 4.42 Å². The number of hydrogen-bond acceptors (Lipinski definition) is 4. The molecule has 9 aromatic carbocycles. The molecule has 0 amide bonds. The van der Waals surface area contributed by atoms with Crippen LogP contribution < -0.4 is 9.80 Å². The molecule has 0 saturated carbocycles. The molecule has 0 fully saturated rings. The molecule has 4 heteroatoms. The highest BCUT2D eigenvalue weighted by Crippen LogP contribution is 2.62. The van der Waals surface area contributed by atoms with Crippen molar-refractivity contribution in [3.8, 4) is 11.1 Å². The largest absolute Gasteiger partial charge is 0.456 e. The van der Waals surface area contributed by atoms with Gasteiger partial charge in [0.25, 0.3) is 0 Å². The molecular weight excluding hydrogens is 737 g/mol. The summed E-state index contributed by atoms with van der Waals surface area (Å²) < 4.78 is 6.63. The van der Waals surface area contributed by atoms with Crippen molar-refractivity contribution in [2.75, 3.05) is 9.80 Å². The minimum atomic E-state index is -0.447. The summed E-state index contributed by atoms with van der Waals surface area (Å²) in [7, 11) is 0. The number of anilines is 6. The van der Waals surface area contributed by atoms with Gasteiger partial charge in [0.1, 0.15) is 11.2 Å². The molecule has 59 heavy (non-hydrogen) atoms. The van der Waals surface area contributed by atoms with Gasteiger partial charge in [0.15, 0.2) is 0 Å². The van der Waals surface area contributed by atoms with Crippen LogP contribution in [0.4, 0.5) is 34.1 Å². The SMILES string of the molecule is c1ccc(N(c2ccccc2)c2cc3oc4ccccc4c3cc2N(c2ccccc2)c2ccc3c(c2)Sc2ccccc2C32c3ccccc3-c3ccccc32)cc1. The van der Waals surface area contributed by atoms with E-state index in [1.807, 2.05) is 17.8 Å².